The van der Waals surface area contributed by atoms with Gasteiger partial charge in [0, 0.05) is 24.2 Å². The van der Waals surface area contributed by atoms with Gasteiger partial charge in [-0.2, -0.15) is 0 Å². The molecular weight excluding hydrogens is 356 g/mol. The number of anilines is 1. The van der Waals surface area contributed by atoms with Crippen LogP contribution in [0.3, 0.4) is 0 Å². The summed E-state index contributed by atoms with van der Waals surface area (Å²) in [4.78, 5) is 37.1. The Labute approximate surface area is 156 Å². The number of carbonyl (C=O) groups excluding carboxylic acids is 3. The van der Waals surface area contributed by atoms with E-state index in [2.05, 4.69) is 10.1 Å². The number of hydrogen-bond acceptors (Lipinski definition) is 4. The molecule has 2 aromatic carbocycles. The Balaban J connectivity index is 2.05. The molecule has 1 N–H and O–H groups in total. The molecule has 0 saturated heterocycles. The molecule has 7 heteroatoms. The predicted octanol–water partition coefficient (Wildman–Crippen LogP) is 2.80. The molecule has 0 atom stereocenters. The average molecular weight is 375 g/mol. The lowest BCUT2D eigenvalue weighted by Gasteiger charge is -2.21. The van der Waals surface area contributed by atoms with Gasteiger partial charge in [0.15, 0.2) is 0 Å². The lowest BCUT2D eigenvalue weighted by Crippen LogP contribution is -2.39. The molecule has 0 unspecified atom stereocenters. The van der Waals surface area contributed by atoms with E-state index in [1.165, 1.54) is 25.0 Å². The van der Waals surface area contributed by atoms with Crippen LogP contribution in [0.4, 0.5) is 5.69 Å². The molecule has 0 bridgehead atoms. The first-order valence-corrected chi connectivity index (χ1v) is 8.26. The van der Waals surface area contributed by atoms with Gasteiger partial charge in [-0.1, -0.05) is 29.8 Å². The number of ether oxygens (including phenoxy) is 1. The van der Waals surface area contributed by atoms with Gasteiger partial charge in [0.05, 0.1) is 12.7 Å². The minimum absolute atomic E-state index is 0.159. The molecular formula is C19H19ClN2O4. The van der Waals surface area contributed by atoms with Crippen molar-refractivity contribution in [3.63, 3.8) is 0 Å². The first kappa shape index (κ1) is 19.5. The van der Waals surface area contributed by atoms with E-state index in [-0.39, 0.29) is 18.4 Å². The minimum atomic E-state index is -0.512. The summed E-state index contributed by atoms with van der Waals surface area (Å²) in [5, 5.41) is 3.37. The van der Waals surface area contributed by atoms with Crippen LogP contribution in [0, 0.1) is 0 Å². The van der Waals surface area contributed by atoms with E-state index in [4.69, 9.17) is 11.6 Å². The van der Waals surface area contributed by atoms with Crippen molar-refractivity contribution in [2.45, 2.75) is 13.5 Å². The van der Waals surface area contributed by atoms with Crippen LogP contribution >= 0.6 is 11.6 Å². The van der Waals surface area contributed by atoms with Gasteiger partial charge in [-0.05, 0) is 35.9 Å². The maximum atomic E-state index is 12.2. The summed E-state index contributed by atoms with van der Waals surface area (Å²) in [6.45, 7) is 1.52. The van der Waals surface area contributed by atoms with Gasteiger partial charge in [0.2, 0.25) is 11.8 Å². The molecule has 0 aliphatic heterocycles. The molecule has 0 aliphatic rings. The van der Waals surface area contributed by atoms with Crippen molar-refractivity contribution in [2.75, 3.05) is 18.6 Å². The van der Waals surface area contributed by atoms with Crippen LogP contribution in [-0.4, -0.2) is 31.4 Å². The second-order valence-electron chi connectivity index (χ2n) is 5.55. The van der Waals surface area contributed by atoms with E-state index < -0.39 is 5.97 Å². The Bertz CT molecular complexity index is 805. The second-order valence-corrected chi connectivity index (χ2v) is 5.99. The number of esters is 1. The molecule has 0 aromatic heterocycles. The average Bonchev–Trinajstić information content (AvgIpc) is 2.64. The molecule has 2 aromatic rings. The summed E-state index contributed by atoms with van der Waals surface area (Å²) in [5.41, 5.74) is 1.64. The lowest BCUT2D eigenvalue weighted by molar-refractivity contribution is -0.123. The van der Waals surface area contributed by atoms with Gasteiger partial charge in [-0.3, -0.25) is 9.59 Å². The summed E-state index contributed by atoms with van der Waals surface area (Å²) in [7, 11) is 1.28. The van der Waals surface area contributed by atoms with Crippen LogP contribution < -0.4 is 10.2 Å². The first-order valence-electron chi connectivity index (χ1n) is 7.88. The maximum Gasteiger partial charge on any atom is 0.337 e. The van der Waals surface area contributed by atoms with Crippen LogP contribution in [0.15, 0.2) is 48.5 Å². The molecule has 0 fully saturated rings. The number of halogens is 1. The number of amides is 2. The second kappa shape index (κ2) is 9.01. The zero-order chi connectivity index (χ0) is 19.1. The van der Waals surface area contributed by atoms with Crippen molar-refractivity contribution >= 4 is 35.1 Å². The van der Waals surface area contributed by atoms with Crippen molar-refractivity contribution in [2.24, 2.45) is 0 Å². The lowest BCUT2D eigenvalue weighted by atomic mass is 10.2. The van der Waals surface area contributed by atoms with Crippen LogP contribution in [-0.2, 0) is 20.9 Å². The third kappa shape index (κ3) is 5.32. The van der Waals surface area contributed by atoms with E-state index in [0.717, 1.165) is 5.56 Å². The summed E-state index contributed by atoms with van der Waals surface area (Å²) in [6.07, 6.45) is 0. The Morgan fingerprint density at radius 3 is 2.42 bits per heavy atom. The SMILES string of the molecule is COC(=O)c1cccc(N(CC(=O)NCc2ccc(Cl)cc2)C(C)=O)c1. The summed E-state index contributed by atoms with van der Waals surface area (Å²) in [5.74, 6) is -1.14. The van der Waals surface area contributed by atoms with E-state index in [1.807, 2.05) is 12.1 Å². The third-order valence-corrected chi connectivity index (χ3v) is 3.92. The van der Waals surface area contributed by atoms with E-state index >= 15 is 0 Å². The molecule has 0 heterocycles. The Hall–Kier alpha value is -2.86. The molecule has 6 nitrogen and oxygen atoms in total. The van der Waals surface area contributed by atoms with E-state index in [9.17, 15) is 14.4 Å². The Morgan fingerprint density at radius 1 is 1.12 bits per heavy atom. The van der Waals surface area contributed by atoms with Gasteiger partial charge in [0.1, 0.15) is 6.54 Å². The van der Waals surface area contributed by atoms with Gasteiger partial charge in [-0.15, -0.1) is 0 Å². The minimum Gasteiger partial charge on any atom is -0.465 e. The summed E-state index contributed by atoms with van der Waals surface area (Å²) in [6, 6.07) is 13.5. The van der Waals surface area contributed by atoms with Gasteiger partial charge < -0.3 is 15.0 Å². The first-order chi connectivity index (χ1) is 12.4. The quantitative estimate of drug-likeness (QED) is 0.789. The molecule has 136 valence electrons. The highest BCUT2D eigenvalue weighted by Gasteiger charge is 2.17. The molecule has 0 aliphatic carbocycles. The van der Waals surface area contributed by atoms with Crippen molar-refractivity contribution in [3.05, 3.63) is 64.7 Å². The molecule has 26 heavy (non-hydrogen) atoms. The van der Waals surface area contributed by atoms with Crippen LogP contribution in [0.1, 0.15) is 22.8 Å². The van der Waals surface area contributed by atoms with Crippen LogP contribution in [0.25, 0.3) is 0 Å². The van der Waals surface area contributed by atoms with Crippen molar-refractivity contribution in [3.8, 4) is 0 Å². The number of hydrogen-bond donors (Lipinski definition) is 1. The molecule has 2 amide bonds. The van der Waals surface area contributed by atoms with E-state index in [1.54, 1.807) is 30.3 Å². The van der Waals surface area contributed by atoms with Gasteiger partial charge in [0.25, 0.3) is 0 Å². The fraction of sp³-hybridized carbons (Fsp3) is 0.211. The van der Waals surface area contributed by atoms with Crippen molar-refractivity contribution in [1.82, 2.24) is 5.32 Å². The third-order valence-electron chi connectivity index (χ3n) is 3.66. The largest absolute Gasteiger partial charge is 0.465 e. The monoisotopic (exact) mass is 374 g/mol. The van der Waals surface area contributed by atoms with E-state index in [0.29, 0.717) is 22.8 Å². The Kier molecular flexibility index (Phi) is 6.74. The maximum absolute atomic E-state index is 12.2. The summed E-state index contributed by atoms with van der Waals surface area (Å²) >= 11 is 5.83. The Morgan fingerprint density at radius 2 is 1.81 bits per heavy atom. The standard InChI is InChI=1S/C19H19ClN2O4/c1-13(23)22(17-5-3-4-15(10-17)19(25)26-2)12-18(24)21-11-14-6-8-16(20)9-7-14/h3-10H,11-12H2,1-2H3,(H,21,24). The highest BCUT2D eigenvalue weighted by Crippen LogP contribution is 2.17. The highest BCUT2D eigenvalue weighted by molar-refractivity contribution is 6.30. The number of rotatable bonds is 6. The molecule has 2 rings (SSSR count). The zero-order valence-corrected chi connectivity index (χ0v) is 15.2. The highest BCUT2D eigenvalue weighted by atomic mass is 35.5. The number of nitrogens with zero attached hydrogens (tertiary/aromatic N) is 1. The van der Waals surface area contributed by atoms with Crippen LogP contribution in [0.2, 0.25) is 5.02 Å². The predicted molar refractivity (Wildman–Crippen MR) is 99.1 cm³/mol. The van der Waals surface area contributed by atoms with Crippen molar-refractivity contribution < 1.29 is 19.1 Å². The van der Waals surface area contributed by atoms with Gasteiger partial charge >= 0.3 is 5.97 Å². The number of carbonyl (C=O) groups is 3. The molecule has 0 radical (unpaired) electrons. The normalized spacial score (nSPS) is 10.1. The number of benzene rings is 2. The summed E-state index contributed by atoms with van der Waals surface area (Å²) < 4.78 is 4.68. The molecule has 0 saturated carbocycles. The fourth-order valence-corrected chi connectivity index (χ4v) is 2.43. The smallest absolute Gasteiger partial charge is 0.337 e. The fourth-order valence-electron chi connectivity index (χ4n) is 2.31. The van der Waals surface area contributed by atoms with Gasteiger partial charge in [-0.25, -0.2) is 4.79 Å². The van der Waals surface area contributed by atoms with Crippen LogP contribution in [0.5, 0.6) is 0 Å². The molecule has 0 spiro atoms. The van der Waals surface area contributed by atoms with Crippen molar-refractivity contribution in [1.29, 1.82) is 0 Å². The zero-order valence-electron chi connectivity index (χ0n) is 14.5. The number of methoxy groups -OCH3 is 1. The number of nitrogens with one attached hydrogen (secondary N) is 1. The topological polar surface area (TPSA) is 75.7 Å².